The second-order valence-corrected chi connectivity index (χ2v) is 3.03. The maximum atomic E-state index is 5.43. The number of nitrogens with zero attached hydrogens (tertiary/aromatic N) is 3. The zero-order chi connectivity index (χ0) is 9.26. The molecule has 0 bridgehead atoms. The molecule has 0 saturated heterocycles. The average Bonchev–Trinajstić information content (AvgIpc) is 2.49. The Morgan fingerprint density at radius 2 is 2.38 bits per heavy atom. The fourth-order valence-electron chi connectivity index (χ4n) is 1.33. The van der Waals surface area contributed by atoms with Crippen LogP contribution < -0.4 is 5.73 Å². The van der Waals surface area contributed by atoms with Crippen molar-refractivity contribution < 1.29 is 0 Å². The number of hydrogen-bond acceptors (Lipinski definition) is 3. The normalized spacial score (nSPS) is 10.9. The van der Waals surface area contributed by atoms with Crippen LogP contribution in [0.3, 0.4) is 0 Å². The van der Waals surface area contributed by atoms with E-state index in [2.05, 4.69) is 9.97 Å². The van der Waals surface area contributed by atoms with Gasteiger partial charge in [0.15, 0.2) is 0 Å². The van der Waals surface area contributed by atoms with Gasteiger partial charge in [0.1, 0.15) is 11.5 Å². The van der Waals surface area contributed by atoms with Crippen LogP contribution in [0.5, 0.6) is 0 Å². The fourth-order valence-corrected chi connectivity index (χ4v) is 1.33. The van der Waals surface area contributed by atoms with Gasteiger partial charge in [-0.3, -0.25) is 0 Å². The van der Waals surface area contributed by atoms with Crippen molar-refractivity contribution in [3.8, 4) is 0 Å². The first-order valence-electron chi connectivity index (χ1n) is 4.28. The molecule has 4 nitrogen and oxygen atoms in total. The Morgan fingerprint density at radius 3 is 3.15 bits per heavy atom. The minimum Gasteiger partial charge on any atom is -0.335 e. The summed E-state index contributed by atoms with van der Waals surface area (Å²) in [7, 11) is 1.97. The zero-order valence-electron chi connectivity index (χ0n) is 7.57. The number of hydrogen-bond donors (Lipinski definition) is 1. The second-order valence-electron chi connectivity index (χ2n) is 3.03. The van der Waals surface area contributed by atoms with E-state index in [0.717, 1.165) is 23.3 Å². The summed E-state index contributed by atoms with van der Waals surface area (Å²) in [4.78, 5) is 8.60. The zero-order valence-corrected chi connectivity index (χ0v) is 7.57. The van der Waals surface area contributed by atoms with Gasteiger partial charge in [-0.1, -0.05) is 0 Å². The Bertz CT molecular complexity index is 418. The third kappa shape index (κ3) is 1.40. The molecular weight excluding hydrogens is 164 g/mol. The first kappa shape index (κ1) is 8.19. The van der Waals surface area contributed by atoms with E-state index >= 15 is 0 Å². The van der Waals surface area contributed by atoms with Crippen molar-refractivity contribution >= 4 is 11.0 Å². The van der Waals surface area contributed by atoms with E-state index in [4.69, 9.17) is 5.73 Å². The van der Waals surface area contributed by atoms with Crippen LogP contribution in [0, 0.1) is 0 Å². The molecule has 4 heteroatoms. The third-order valence-electron chi connectivity index (χ3n) is 2.03. The van der Waals surface area contributed by atoms with Crippen LogP contribution in [0.2, 0.25) is 0 Å². The highest BCUT2D eigenvalue weighted by Crippen LogP contribution is 2.10. The first-order chi connectivity index (χ1) is 6.31. The summed E-state index contributed by atoms with van der Waals surface area (Å²) in [5, 5.41) is 1.07. The minimum absolute atomic E-state index is 0.593. The summed E-state index contributed by atoms with van der Waals surface area (Å²) in [6.07, 6.45) is 4.56. The molecule has 0 saturated carbocycles. The first-order valence-corrected chi connectivity index (χ1v) is 4.28. The molecule has 2 N–H and O–H groups in total. The highest BCUT2D eigenvalue weighted by Gasteiger charge is 2.01. The van der Waals surface area contributed by atoms with Gasteiger partial charge in [-0.15, -0.1) is 0 Å². The lowest BCUT2D eigenvalue weighted by Gasteiger charge is -1.98. The van der Waals surface area contributed by atoms with Crippen molar-refractivity contribution in [1.29, 1.82) is 0 Å². The number of aryl methyl sites for hydroxylation is 1. The monoisotopic (exact) mass is 176 g/mol. The number of nitrogens with two attached hydrogens (primary N) is 1. The second kappa shape index (κ2) is 3.14. The summed E-state index contributed by atoms with van der Waals surface area (Å²) >= 11 is 0. The van der Waals surface area contributed by atoms with Crippen LogP contribution >= 0.6 is 0 Å². The van der Waals surface area contributed by atoms with Gasteiger partial charge < -0.3 is 10.3 Å². The van der Waals surface area contributed by atoms with Gasteiger partial charge in [0.25, 0.3) is 0 Å². The van der Waals surface area contributed by atoms with E-state index < -0.39 is 0 Å². The molecule has 2 aromatic heterocycles. The fraction of sp³-hybridized carbons (Fsp3) is 0.333. The van der Waals surface area contributed by atoms with E-state index in [1.54, 1.807) is 0 Å². The van der Waals surface area contributed by atoms with Gasteiger partial charge in [0.05, 0.1) is 0 Å². The molecule has 68 valence electrons. The summed E-state index contributed by atoms with van der Waals surface area (Å²) in [5.74, 6) is 0.816. The minimum atomic E-state index is 0.593. The number of fused-ring (bicyclic) bond motifs is 1. The lowest BCUT2D eigenvalue weighted by Crippen LogP contribution is -2.06. The van der Waals surface area contributed by atoms with Gasteiger partial charge in [0, 0.05) is 31.2 Å². The largest absolute Gasteiger partial charge is 0.335 e. The van der Waals surface area contributed by atoms with Crippen LogP contribution in [0.15, 0.2) is 18.5 Å². The van der Waals surface area contributed by atoms with Crippen molar-refractivity contribution in [1.82, 2.24) is 14.5 Å². The molecule has 0 aliphatic heterocycles. The van der Waals surface area contributed by atoms with Crippen LogP contribution in [0.1, 0.15) is 5.82 Å². The molecule has 0 spiro atoms. The van der Waals surface area contributed by atoms with E-state index in [-0.39, 0.29) is 0 Å². The SMILES string of the molecule is Cn1ccc2cnc(CCN)nc21. The summed E-state index contributed by atoms with van der Waals surface area (Å²) in [6, 6.07) is 2.00. The summed E-state index contributed by atoms with van der Waals surface area (Å²) in [5.41, 5.74) is 6.40. The van der Waals surface area contributed by atoms with Crippen LogP contribution in [0.4, 0.5) is 0 Å². The summed E-state index contributed by atoms with van der Waals surface area (Å²) < 4.78 is 1.98. The topological polar surface area (TPSA) is 56.7 Å². The van der Waals surface area contributed by atoms with Crippen molar-refractivity contribution in [2.45, 2.75) is 6.42 Å². The number of aromatic nitrogens is 3. The van der Waals surface area contributed by atoms with Gasteiger partial charge in [-0.25, -0.2) is 9.97 Å². The molecule has 0 radical (unpaired) electrons. The molecule has 0 amide bonds. The maximum absolute atomic E-state index is 5.43. The Morgan fingerprint density at radius 1 is 1.54 bits per heavy atom. The molecule has 2 heterocycles. The van der Waals surface area contributed by atoms with Crippen LogP contribution in [0.25, 0.3) is 11.0 Å². The highest BCUT2D eigenvalue weighted by molar-refractivity contribution is 5.74. The van der Waals surface area contributed by atoms with Crippen LogP contribution in [-0.4, -0.2) is 21.1 Å². The lowest BCUT2D eigenvalue weighted by molar-refractivity contribution is 0.859. The van der Waals surface area contributed by atoms with Crippen molar-refractivity contribution in [2.24, 2.45) is 12.8 Å². The molecule has 2 aromatic rings. The smallest absolute Gasteiger partial charge is 0.143 e. The van der Waals surface area contributed by atoms with Crippen molar-refractivity contribution in [3.63, 3.8) is 0 Å². The van der Waals surface area contributed by atoms with Crippen molar-refractivity contribution in [2.75, 3.05) is 6.54 Å². The molecule has 0 atom stereocenters. The Labute approximate surface area is 76.4 Å². The van der Waals surface area contributed by atoms with Gasteiger partial charge in [-0.2, -0.15) is 0 Å². The molecule has 0 aliphatic carbocycles. The molecule has 0 aliphatic rings. The Kier molecular flexibility index (Phi) is 1.98. The molecule has 0 unspecified atom stereocenters. The van der Waals surface area contributed by atoms with Crippen LogP contribution in [-0.2, 0) is 13.5 Å². The maximum Gasteiger partial charge on any atom is 0.143 e. The Hall–Kier alpha value is -1.42. The molecule has 2 rings (SSSR count). The van der Waals surface area contributed by atoms with Gasteiger partial charge in [0.2, 0.25) is 0 Å². The van der Waals surface area contributed by atoms with E-state index in [0.29, 0.717) is 6.54 Å². The van der Waals surface area contributed by atoms with E-state index in [9.17, 15) is 0 Å². The van der Waals surface area contributed by atoms with Gasteiger partial charge in [-0.05, 0) is 12.6 Å². The molecule has 0 fully saturated rings. The molecular formula is C9H12N4. The van der Waals surface area contributed by atoms with Gasteiger partial charge >= 0.3 is 0 Å². The average molecular weight is 176 g/mol. The predicted molar refractivity (Wildman–Crippen MR) is 51.3 cm³/mol. The third-order valence-corrected chi connectivity index (χ3v) is 2.03. The lowest BCUT2D eigenvalue weighted by atomic mass is 10.3. The van der Waals surface area contributed by atoms with E-state index in [1.165, 1.54) is 0 Å². The molecule has 0 aromatic carbocycles. The summed E-state index contributed by atoms with van der Waals surface area (Å²) in [6.45, 7) is 0.593. The number of rotatable bonds is 2. The quantitative estimate of drug-likeness (QED) is 0.723. The Balaban J connectivity index is 2.53. The molecule has 13 heavy (non-hydrogen) atoms. The predicted octanol–water partition coefficient (Wildman–Crippen LogP) is 0.470. The van der Waals surface area contributed by atoms with E-state index in [1.807, 2.05) is 30.1 Å². The standard InChI is InChI=1S/C9H12N4/c1-13-5-3-7-6-11-8(2-4-10)12-9(7)13/h3,5-6H,2,4,10H2,1H3. The highest BCUT2D eigenvalue weighted by atomic mass is 15.0. The van der Waals surface area contributed by atoms with Crippen molar-refractivity contribution in [3.05, 3.63) is 24.3 Å².